The van der Waals surface area contributed by atoms with Crippen molar-refractivity contribution in [3.8, 4) is 17.5 Å². The van der Waals surface area contributed by atoms with Crippen LogP contribution in [0.15, 0.2) is 36.8 Å². The average Bonchev–Trinajstić information content (AvgIpc) is 3.24. The van der Waals surface area contributed by atoms with Crippen LogP contribution in [0, 0.1) is 11.3 Å². The molecule has 23 heavy (non-hydrogen) atoms. The fraction of sp³-hybridized carbons (Fsp3) is 0.250. The minimum absolute atomic E-state index is 0.297. The van der Waals surface area contributed by atoms with E-state index in [-0.39, 0.29) is 0 Å². The van der Waals surface area contributed by atoms with E-state index in [0.717, 1.165) is 30.9 Å². The summed E-state index contributed by atoms with van der Waals surface area (Å²) in [5, 5.41) is 16.0. The summed E-state index contributed by atoms with van der Waals surface area (Å²) in [5.74, 6) is 0.679. The summed E-state index contributed by atoms with van der Waals surface area (Å²) in [6.07, 6.45) is 6.29. The van der Waals surface area contributed by atoms with Gasteiger partial charge in [0.25, 0.3) is 0 Å². The van der Waals surface area contributed by atoms with Gasteiger partial charge in [0.1, 0.15) is 23.2 Å². The number of imidazole rings is 1. The van der Waals surface area contributed by atoms with Gasteiger partial charge in [0, 0.05) is 18.8 Å². The highest BCUT2D eigenvalue weighted by Crippen LogP contribution is 2.23. The third-order valence-corrected chi connectivity index (χ3v) is 3.95. The molecule has 3 aromatic heterocycles. The second-order valence-electron chi connectivity index (χ2n) is 5.47. The van der Waals surface area contributed by atoms with E-state index in [1.165, 1.54) is 0 Å². The standard InChI is InChI=1S/C16H15N7/c17-7-12-16(13-9-20-15-3-1-2-6-23(13)15)22-14(10-19-12)21-11-4-5-18-8-11/h1-3,6,9-11,18H,4-5,8H2,(H,21,22)/t11-/m1/s1. The van der Waals surface area contributed by atoms with Crippen LogP contribution in [0.1, 0.15) is 12.1 Å². The number of pyridine rings is 1. The van der Waals surface area contributed by atoms with Crippen LogP contribution in [0.2, 0.25) is 0 Å². The molecule has 0 amide bonds. The van der Waals surface area contributed by atoms with Gasteiger partial charge in [-0.05, 0) is 25.1 Å². The molecule has 0 aliphatic carbocycles. The van der Waals surface area contributed by atoms with E-state index in [9.17, 15) is 5.26 Å². The summed E-state index contributed by atoms with van der Waals surface area (Å²) in [6, 6.07) is 8.21. The van der Waals surface area contributed by atoms with Gasteiger partial charge in [-0.3, -0.25) is 4.40 Å². The van der Waals surface area contributed by atoms with E-state index in [1.54, 1.807) is 12.4 Å². The Morgan fingerprint density at radius 3 is 3.09 bits per heavy atom. The van der Waals surface area contributed by atoms with Gasteiger partial charge < -0.3 is 10.6 Å². The van der Waals surface area contributed by atoms with Gasteiger partial charge in [-0.25, -0.2) is 15.0 Å². The van der Waals surface area contributed by atoms with Crippen molar-refractivity contribution in [3.63, 3.8) is 0 Å². The first-order valence-corrected chi connectivity index (χ1v) is 7.52. The molecule has 0 spiro atoms. The van der Waals surface area contributed by atoms with Crippen molar-refractivity contribution >= 4 is 11.5 Å². The minimum Gasteiger partial charge on any atom is -0.365 e. The highest BCUT2D eigenvalue weighted by Gasteiger charge is 2.18. The summed E-state index contributed by atoms with van der Waals surface area (Å²) in [7, 11) is 0. The fourth-order valence-corrected chi connectivity index (χ4v) is 2.81. The Bertz CT molecular complexity index is 887. The van der Waals surface area contributed by atoms with Crippen LogP contribution in [0.3, 0.4) is 0 Å². The van der Waals surface area contributed by atoms with E-state index in [0.29, 0.717) is 23.2 Å². The molecule has 0 bridgehead atoms. The van der Waals surface area contributed by atoms with Gasteiger partial charge in [-0.2, -0.15) is 5.26 Å². The SMILES string of the molecule is N#Cc1ncc(N[C@@H]2CCNC2)nc1-c1cnc2ccccn12. The normalized spacial score (nSPS) is 17.3. The molecule has 7 nitrogen and oxygen atoms in total. The number of anilines is 1. The second-order valence-corrected chi connectivity index (χ2v) is 5.47. The molecular weight excluding hydrogens is 290 g/mol. The Kier molecular flexibility index (Phi) is 3.37. The number of nitrogens with zero attached hydrogens (tertiary/aromatic N) is 5. The highest BCUT2D eigenvalue weighted by atomic mass is 15.1. The van der Waals surface area contributed by atoms with Gasteiger partial charge in [-0.1, -0.05) is 6.07 Å². The van der Waals surface area contributed by atoms with Crippen molar-refractivity contribution in [1.82, 2.24) is 24.7 Å². The quantitative estimate of drug-likeness (QED) is 0.761. The molecule has 1 aliphatic rings. The molecular formula is C16H15N7. The van der Waals surface area contributed by atoms with Crippen molar-refractivity contribution in [2.75, 3.05) is 18.4 Å². The number of hydrogen-bond acceptors (Lipinski definition) is 6. The molecule has 0 unspecified atom stereocenters. The number of aromatic nitrogens is 4. The molecule has 4 heterocycles. The largest absolute Gasteiger partial charge is 0.365 e. The predicted molar refractivity (Wildman–Crippen MR) is 85.8 cm³/mol. The number of rotatable bonds is 3. The molecule has 0 saturated carbocycles. The zero-order valence-corrected chi connectivity index (χ0v) is 12.4. The lowest BCUT2D eigenvalue weighted by Crippen LogP contribution is -2.23. The van der Waals surface area contributed by atoms with E-state index in [1.807, 2.05) is 28.8 Å². The molecule has 114 valence electrons. The summed E-state index contributed by atoms with van der Waals surface area (Å²) < 4.78 is 1.91. The lowest BCUT2D eigenvalue weighted by Gasteiger charge is -2.13. The summed E-state index contributed by atoms with van der Waals surface area (Å²) in [5.41, 5.74) is 2.41. The number of nitrogens with one attached hydrogen (secondary N) is 2. The van der Waals surface area contributed by atoms with Crippen molar-refractivity contribution < 1.29 is 0 Å². The van der Waals surface area contributed by atoms with E-state index >= 15 is 0 Å². The first-order valence-electron chi connectivity index (χ1n) is 7.52. The van der Waals surface area contributed by atoms with Crippen molar-refractivity contribution in [2.45, 2.75) is 12.5 Å². The summed E-state index contributed by atoms with van der Waals surface area (Å²) >= 11 is 0. The van der Waals surface area contributed by atoms with Crippen LogP contribution in [0.25, 0.3) is 17.0 Å². The lowest BCUT2D eigenvalue weighted by molar-refractivity contribution is 0.786. The molecule has 2 N–H and O–H groups in total. The zero-order valence-electron chi connectivity index (χ0n) is 12.4. The van der Waals surface area contributed by atoms with Gasteiger partial charge in [-0.15, -0.1) is 0 Å². The average molecular weight is 305 g/mol. The van der Waals surface area contributed by atoms with Crippen LogP contribution in [-0.4, -0.2) is 38.5 Å². The van der Waals surface area contributed by atoms with E-state index < -0.39 is 0 Å². The zero-order chi connectivity index (χ0) is 15.6. The molecule has 4 rings (SSSR count). The third-order valence-electron chi connectivity index (χ3n) is 3.95. The third kappa shape index (κ3) is 2.49. The van der Waals surface area contributed by atoms with Crippen LogP contribution < -0.4 is 10.6 Å². The summed E-state index contributed by atoms with van der Waals surface area (Å²) in [4.78, 5) is 13.2. The molecule has 1 fully saturated rings. The van der Waals surface area contributed by atoms with Gasteiger partial charge in [0.2, 0.25) is 0 Å². The van der Waals surface area contributed by atoms with Gasteiger partial charge in [0.15, 0.2) is 5.69 Å². The highest BCUT2D eigenvalue weighted by molar-refractivity contribution is 5.66. The minimum atomic E-state index is 0.297. The second kappa shape index (κ2) is 5.66. The topological polar surface area (TPSA) is 90.9 Å². The number of hydrogen-bond donors (Lipinski definition) is 2. The van der Waals surface area contributed by atoms with Gasteiger partial charge in [0.05, 0.1) is 18.1 Å². The maximum Gasteiger partial charge on any atom is 0.168 e. The number of nitriles is 1. The maximum atomic E-state index is 9.35. The van der Waals surface area contributed by atoms with Crippen molar-refractivity contribution in [3.05, 3.63) is 42.5 Å². The molecule has 1 saturated heterocycles. The Hall–Kier alpha value is -2.98. The fourth-order valence-electron chi connectivity index (χ4n) is 2.81. The maximum absolute atomic E-state index is 9.35. The Morgan fingerprint density at radius 1 is 1.30 bits per heavy atom. The van der Waals surface area contributed by atoms with Crippen LogP contribution in [0.4, 0.5) is 5.82 Å². The first kappa shape index (κ1) is 13.7. The number of fused-ring (bicyclic) bond motifs is 1. The Morgan fingerprint density at radius 2 is 2.26 bits per heavy atom. The van der Waals surface area contributed by atoms with Gasteiger partial charge >= 0.3 is 0 Å². The predicted octanol–water partition coefficient (Wildman–Crippen LogP) is 1.44. The molecule has 1 aliphatic heterocycles. The van der Waals surface area contributed by atoms with Crippen LogP contribution in [0.5, 0.6) is 0 Å². The van der Waals surface area contributed by atoms with Crippen LogP contribution >= 0.6 is 0 Å². The molecule has 0 radical (unpaired) electrons. The smallest absolute Gasteiger partial charge is 0.168 e. The molecule has 7 heteroatoms. The lowest BCUT2D eigenvalue weighted by atomic mass is 10.2. The Labute approximate surface area is 133 Å². The molecule has 3 aromatic rings. The molecule has 1 atom stereocenters. The summed E-state index contributed by atoms with van der Waals surface area (Å²) in [6.45, 7) is 1.91. The monoisotopic (exact) mass is 305 g/mol. The van der Waals surface area contributed by atoms with E-state index in [4.69, 9.17) is 0 Å². The van der Waals surface area contributed by atoms with Crippen molar-refractivity contribution in [2.24, 2.45) is 0 Å². The van der Waals surface area contributed by atoms with Crippen LogP contribution in [-0.2, 0) is 0 Å². The van der Waals surface area contributed by atoms with Crippen molar-refractivity contribution in [1.29, 1.82) is 5.26 Å². The Balaban J connectivity index is 1.78. The van der Waals surface area contributed by atoms with E-state index in [2.05, 4.69) is 31.7 Å². The first-order chi connectivity index (χ1) is 11.3. The molecule has 0 aromatic carbocycles.